The smallest absolute Gasteiger partial charge is 0.139 e. The number of ketones is 1. The molecule has 26 heavy (non-hydrogen) atoms. The van der Waals surface area contributed by atoms with E-state index in [-0.39, 0.29) is 29.5 Å². The zero-order valence-electron chi connectivity index (χ0n) is 18.0. The van der Waals surface area contributed by atoms with E-state index in [4.69, 9.17) is 8.83 Å². The Bertz CT molecular complexity index is 740. The van der Waals surface area contributed by atoms with Crippen molar-refractivity contribution in [3.63, 3.8) is 0 Å². The number of carbonyl (C=O) groups is 1. The summed E-state index contributed by atoms with van der Waals surface area (Å²) in [5.41, 5.74) is 4.71. The van der Waals surface area contributed by atoms with Gasteiger partial charge in [0.05, 0.1) is 0 Å². The summed E-state index contributed by atoms with van der Waals surface area (Å²) in [7, 11) is 0. The number of carbonyl (C=O) groups excluding carboxylic acids is 1. The third-order valence-corrected chi connectivity index (χ3v) is 6.67. The van der Waals surface area contributed by atoms with Crippen LogP contribution in [0.4, 0.5) is 0 Å². The minimum Gasteiger partial charge on any atom is -0.466 e. The molecule has 4 atom stereocenters. The fourth-order valence-corrected chi connectivity index (χ4v) is 3.76. The molecule has 0 aliphatic carbocycles. The lowest BCUT2D eigenvalue weighted by Crippen LogP contribution is -2.27. The van der Waals surface area contributed by atoms with Crippen LogP contribution in [0.5, 0.6) is 0 Å². The maximum absolute atomic E-state index is 13.2. The second-order valence-corrected chi connectivity index (χ2v) is 8.10. The van der Waals surface area contributed by atoms with Crippen molar-refractivity contribution in [3.8, 4) is 0 Å². The lowest BCUT2D eigenvalue weighted by atomic mass is 9.78. The number of Topliss-reactive ketones (excluding diaryl/α,β-unsaturated/α-hetero) is 1. The number of hydrogen-bond donors (Lipinski definition) is 0. The van der Waals surface area contributed by atoms with E-state index in [1.165, 1.54) is 22.3 Å². The predicted octanol–water partition coefficient (Wildman–Crippen LogP) is 6.47. The van der Waals surface area contributed by atoms with Crippen LogP contribution in [0.15, 0.2) is 8.83 Å². The van der Waals surface area contributed by atoms with Crippen molar-refractivity contribution in [2.24, 2.45) is 11.8 Å². The van der Waals surface area contributed by atoms with E-state index in [1.54, 1.807) is 0 Å². The first-order valence-electron chi connectivity index (χ1n) is 9.65. The number of hydrogen-bond acceptors (Lipinski definition) is 3. The minimum absolute atomic E-state index is 0.0609. The molecule has 0 spiro atoms. The Hall–Kier alpha value is -1.77. The molecule has 3 nitrogen and oxygen atoms in total. The molecule has 3 heteroatoms. The van der Waals surface area contributed by atoms with Crippen LogP contribution in [0.1, 0.15) is 84.8 Å². The monoisotopic (exact) mass is 358 g/mol. The second kappa shape index (κ2) is 7.46. The normalized spacial score (nSPS) is 16.4. The van der Waals surface area contributed by atoms with Gasteiger partial charge in [0.2, 0.25) is 0 Å². The maximum Gasteiger partial charge on any atom is 0.139 e. The summed E-state index contributed by atoms with van der Waals surface area (Å²) in [6.45, 7) is 20.5. The summed E-state index contributed by atoms with van der Waals surface area (Å²) in [5.74, 6) is 3.97. The third kappa shape index (κ3) is 3.41. The number of furan rings is 2. The molecular formula is C23H34O3. The highest BCUT2D eigenvalue weighted by Gasteiger charge is 2.33. The summed E-state index contributed by atoms with van der Waals surface area (Å²) >= 11 is 0. The van der Waals surface area contributed by atoms with Gasteiger partial charge in [-0.25, -0.2) is 0 Å². The molecule has 0 fully saturated rings. The van der Waals surface area contributed by atoms with Crippen molar-refractivity contribution >= 4 is 5.78 Å². The Kier molecular flexibility index (Phi) is 5.89. The van der Waals surface area contributed by atoms with Crippen molar-refractivity contribution in [1.29, 1.82) is 0 Å². The Morgan fingerprint density at radius 3 is 1.15 bits per heavy atom. The summed E-state index contributed by atoms with van der Waals surface area (Å²) in [6.07, 6.45) is 0. The summed E-state index contributed by atoms with van der Waals surface area (Å²) < 4.78 is 11.9. The topological polar surface area (TPSA) is 43.4 Å². The van der Waals surface area contributed by atoms with Gasteiger partial charge in [-0.05, 0) is 63.8 Å². The van der Waals surface area contributed by atoms with Crippen LogP contribution < -0.4 is 0 Å². The minimum atomic E-state index is -0.103. The molecule has 0 amide bonds. The van der Waals surface area contributed by atoms with Crippen molar-refractivity contribution in [1.82, 2.24) is 0 Å². The van der Waals surface area contributed by atoms with Gasteiger partial charge < -0.3 is 8.83 Å². The van der Waals surface area contributed by atoms with Crippen LogP contribution in [0, 0.1) is 53.4 Å². The molecule has 0 radical (unpaired) electrons. The fourth-order valence-electron chi connectivity index (χ4n) is 3.76. The number of rotatable bonds is 6. The van der Waals surface area contributed by atoms with Crippen LogP contribution in [0.25, 0.3) is 0 Å². The van der Waals surface area contributed by atoms with E-state index < -0.39 is 0 Å². The van der Waals surface area contributed by atoms with E-state index in [2.05, 4.69) is 41.5 Å². The SMILES string of the molecule is Cc1oc(C(C)C(C)C(=O)C(C)C(C)c2oc(C)c(C)c2C)c(C)c1C. The molecule has 0 saturated heterocycles. The molecular weight excluding hydrogens is 324 g/mol. The van der Waals surface area contributed by atoms with Gasteiger partial charge in [0.15, 0.2) is 0 Å². The molecule has 2 heterocycles. The van der Waals surface area contributed by atoms with E-state index >= 15 is 0 Å². The van der Waals surface area contributed by atoms with Crippen molar-refractivity contribution in [3.05, 3.63) is 45.3 Å². The van der Waals surface area contributed by atoms with Crippen molar-refractivity contribution < 1.29 is 13.6 Å². The molecule has 2 aromatic rings. The Morgan fingerprint density at radius 2 is 0.923 bits per heavy atom. The standard InChI is InChI=1S/C23H34O3/c1-11-15(5)22(25-19(11)9)17(7)13(3)21(24)14(4)18(8)23-16(6)12(2)20(10)26-23/h13-14,17-18H,1-10H3. The average Bonchev–Trinajstić information content (AvgIpc) is 3.03. The van der Waals surface area contributed by atoms with E-state index in [0.29, 0.717) is 0 Å². The molecule has 0 bridgehead atoms. The number of aryl methyl sites for hydroxylation is 2. The quantitative estimate of drug-likeness (QED) is 0.594. The van der Waals surface area contributed by atoms with Gasteiger partial charge in [-0.15, -0.1) is 0 Å². The molecule has 0 aliphatic heterocycles. The molecule has 4 unspecified atom stereocenters. The van der Waals surface area contributed by atoms with E-state index in [1.807, 2.05) is 27.7 Å². The van der Waals surface area contributed by atoms with Crippen LogP contribution in [-0.4, -0.2) is 5.78 Å². The Labute approximate surface area is 158 Å². The van der Waals surface area contributed by atoms with Crippen LogP contribution in [0.2, 0.25) is 0 Å². The summed E-state index contributed by atoms with van der Waals surface area (Å²) in [5, 5.41) is 0. The first-order chi connectivity index (χ1) is 12.0. The van der Waals surface area contributed by atoms with Gasteiger partial charge in [-0.2, -0.15) is 0 Å². The molecule has 144 valence electrons. The summed E-state index contributed by atoms with van der Waals surface area (Å²) in [6, 6.07) is 0. The van der Waals surface area contributed by atoms with Gasteiger partial charge in [0.1, 0.15) is 28.8 Å². The molecule has 0 N–H and O–H groups in total. The highest BCUT2D eigenvalue weighted by molar-refractivity contribution is 5.84. The molecule has 0 saturated carbocycles. The van der Waals surface area contributed by atoms with Crippen LogP contribution in [-0.2, 0) is 4.79 Å². The van der Waals surface area contributed by atoms with Crippen LogP contribution >= 0.6 is 0 Å². The largest absolute Gasteiger partial charge is 0.466 e. The highest BCUT2D eigenvalue weighted by atomic mass is 16.3. The molecule has 2 rings (SSSR count). The third-order valence-electron chi connectivity index (χ3n) is 6.67. The van der Waals surface area contributed by atoms with Gasteiger partial charge in [0.25, 0.3) is 0 Å². The Morgan fingerprint density at radius 1 is 0.615 bits per heavy atom. The first kappa shape index (κ1) is 20.5. The fraction of sp³-hybridized carbons (Fsp3) is 0.609. The molecule has 0 aliphatic rings. The molecule has 2 aromatic heterocycles. The second-order valence-electron chi connectivity index (χ2n) is 8.10. The van der Waals surface area contributed by atoms with Gasteiger partial charge >= 0.3 is 0 Å². The zero-order chi connectivity index (χ0) is 19.9. The van der Waals surface area contributed by atoms with Crippen molar-refractivity contribution in [2.75, 3.05) is 0 Å². The maximum atomic E-state index is 13.2. The lowest BCUT2D eigenvalue weighted by molar-refractivity contribution is -0.127. The molecule has 0 aromatic carbocycles. The Balaban J connectivity index is 2.23. The predicted molar refractivity (Wildman–Crippen MR) is 106 cm³/mol. The van der Waals surface area contributed by atoms with Gasteiger partial charge in [0, 0.05) is 23.7 Å². The zero-order valence-corrected chi connectivity index (χ0v) is 18.0. The van der Waals surface area contributed by atoms with Gasteiger partial charge in [-0.3, -0.25) is 4.79 Å². The van der Waals surface area contributed by atoms with Crippen molar-refractivity contribution in [2.45, 2.75) is 81.1 Å². The highest BCUT2D eigenvalue weighted by Crippen LogP contribution is 2.37. The van der Waals surface area contributed by atoms with Gasteiger partial charge in [-0.1, -0.05) is 27.7 Å². The first-order valence-corrected chi connectivity index (χ1v) is 9.65. The lowest BCUT2D eigenvalue weighted by Gasteiger charge is -2.25. The van der Waals surface area contributed by atoms with E-state index in [9.17, 15) is 4.79 Å². The van der Waals surface area contributed by atoms with E-state index in [0.717, 1.165) is 23.0 Å². The van der Waals surface area contributed by atoms with Crippen LogP contribution in [0.3, 0.4) is 0 Å². The summed E-state index contributed by atoms with van der Waals surface area (Å²) in [4.78, 5) is 13.2. The average molecular weight is 359 g/mol.